The van der Waals surface area contributed by atoms with E-state index in [0.29, 0.717) is 32.2 Å². The van der Waals surface area contributed by atoms with Gasteiger partial charge in [0.15, 0.2) is 11.5 Å². The number of aryl methyl sites for hydroxylation is 1. The molecule has 3 saturated heterocycles. The molecule has 56 heavy (non-hydrogen) atoms. The lowest BCUT2D eigenvalue weighted by atomic mass is 9.84. The van der Waals surface area contributed by atoms with Gasteiger partial charge in [0, 0.05) is 75.9 Å². The number of thiazole rings is 1. The number of benzene rings is 1. The summed E-state index contributed by atoms with van der Waals surface area (Å²) >= 11 is 3.15. The highest BCUT2D eigenvalue weighted by Crippen LogP contribution is 2.95. The molecule has 5 fully saturated rings. The van der Waals surface area contributed by atoms with Crippen LogP contribution in [0.25, 0.3) is 33.4 Å². The molecule has 6 bridgehead atoms. The van der Waals surface area contributed by atoms with Crippen molar-refractivity contribution in [2.75, 3.05) is 20.3 Å². The number of thioether (sulfide) groups is 1. The number of ketones is 1. The SMILES string of the molecule is CCn1c(-c2cccnc2[C@H](C)OC)c2c3cc(ccc31)-c1csc(n1)CC1(C(=O)N3CCC[C@@H](C(=O)OCC(C)(C)C2)C2SC2N3)C2[Si]C21C(=O)C1(F)CC1. The van der Waals surface area contributed by atoms with Crippen molar-refractivity contribution in [3.8, 4) is 22.5 Å². The third kappa shape index (κ3) is 5.48. The van der Waals surface area contributed by atoms with Crippen LogP contribution in [-0.4, -0.2) is 83.3 Å². The minimum absolute atomic E-state index is 0.0182. The Balaban J connectivity index is 1.11. The maximum atomic E-state index is 15.5. The number of esters is 1. The second kappa shape index (κ2) is 12.8. The number of halogens is 1. The summed E-state index contributed by atoms with van der Waals surface area (Å²) in [4.78, 5) is 52.5. The minimum atomic E-state index is -1.80. The number of hydrazine groups is 1. The molecule has 1 aromatic carbocycles. The third-order valence-electron chi connectivity index (χ3n) is 13.2. The fourth-order valence-electron chi connectivity index (χ4n) is 9.75. The second-order valence-electron chi connectivity index (χ2n) is 17.4. The second-order valence-corrected chi connectivity index (χ2v) is 21.3. The van der Waals surface area contributed by atoms with Gasteiger partial charge in [-0.05, 0) is 81.3 Å². The molecule has 1 spiro atoms. The van der Waals surface area contributed by atoms with Crippen molar-refractivity contribution in [3.63, 3.8) is 0 Å². The number of methoxy groups -OCH3 is 1. The lowest BCUT2D eigenvalue weighted by Gasteiger charge is -2.34. The molecule has 14 heteroatoms. The Morgan fingerprint density at radius 1 is 1.21 bits per heavy atom. The van der Waals surface area contributed by atoms with Crippen molar-refractivity contribution in [3.05, 3.63) is 58.2 Å². The number of hydrogen-bond acceptors (Lipinski definition) is 10. The van der Waals surface area contributed by atoms with Crippen LogP contribution in [0.4, 0.5) is 4.39 Å². The van der Waals surface area contributed by atoms with Crippen LogP contribution < -0.4 is 5.43 Å². The molecule has 5 unspecified atom stereocenters. The number of aromatic nitrogens is 3. The molecule has 2 aliphatic carbocycles. The number of amides is 1. The van der Waals surface area contributed by atoms with Crippen LogP contribution in [0.5, 0.6) is 0 Å². The van der Waals surface area contributed by atoms with Crippen LogP contribution in [-0.2, 0) is 43.2 Å². The number of ether oxygens (including phenoxy) is 2. The molecule has 10 nitrogen and oxygen atoms in total. The number of carbonyl (C=O) groups excluding carboxylic acids is 3. The van der Waals surface area contributed by atoms with E-state index in [1.807, 2.05) is 18.4 Å². The Bertz CT molecular complexity index is 2330. The number of nitrogens with one attached hydrogen (secondary N) is 1. The third-order valence-corrected chi connectivity index (χ3v) is 17.6. The fraction of sp³-hybridized carbons (Fsp3) is 0.548. The fourth-order valence-corrected chi connectivity index (χ4v) is 14.0. The first kappa shape index (κ1) is 36.9. The van der Waals surface area contributed by atoms with Gasteiger partial charge >= 0.3 is 5.97 Å². The summed E-state index contributed by atoms with van der Waals surface area (Å²) < 4.78 is 29.9. The molecule has 8 heterocycles. The van der Waals surface area contributed by atoms with Gasteiger partial charge in [-0.1, -0.05) is 19.9 Å². The predicted molar refractivity (Wildman–Crippen MR) is 215 cm³/mol. The molecule has 2 radical (unpaired) electrons. The average molecular weight is 812 g/mol. The Kier molecular flexibility index (Phi) is 8.42. The normalized spacial score (nSPS) is 31.7. The number of carbonyl (C=O) groups is 3. The van der Waals surface area contributed by atoms with Gasteiger partial charge in [0.25, 0.3) is 0 Å². The molecule has 3 aromatic heterocycles. The van der Waals surface area contributed by atoms with Gasteiger partial charge < -0.3 is 14.0 Å². The molecule has 292 valence electrons. The monoisotopic (exact) mass is 811 g/mol. The van der Waals surface area contributed by atoms with Gasteiger partial charge in [-0.3, -0.25) is 24.4 Å². The summed E-state index contributed by atoms with van der Waals surface area (Å²) in [5, 5.41) is 4.55. The van der Waals surface area contributed by atoms with Crippen molar-refractivity contribution < 1.29 is 28.2 Å². The van der Waals surface area contributed by atoms with E-state index in [0.717, 1.165) is 56.2 Å². The molecular weight excluding hydrogens is 766 g/mol. The zero-order valence-electron chi connectivity index (χ0n) is 32.3. The summed E-state index contributed by atoms with van der Waals surface area (Å²) in [7, 11) is 1.96. The lowest BCUT2D eigenvalue weighted by Crippen LogP contribution is -2.53. The number of rotatable bonds is 6. The van der Waals surface area contributed by atoms with Crippen molar-refractivity contribution in [2.45, 2.75) is 106 Å². The average Bonchev–Trinajstić information content (AvgIpc) is 4.15. The number of Topliss-reactive ketones (excluding diaryl/α,β-unsaturated/α-hetero) is 1. The Morgan fingerprint density at radius 2 is 2.04 bits per heavy atom. The van der Waals surface area contributed by atoms with Crippen molar-refractivity contribution in [1.29, 1.82) is 0 Å². The first-order valence-electron chi connectivity index (χ1n) is 19.9. The van der Waals surface area contributed by atoms with Gasteiger partial charge in [0.1, 0.15) is 0 Å². The molecule has 7 aliphatic rings. The Hall–Kier alpha value is -3.43. The standard InChI is InChI=1S/C42H46FN5O5S2Si/c1-6-47-29-12-11-23-17-26(29)27(32(47)24-9-7-15-44-31(24)22(2)52-5)18-39(3,4)21-53-35(49)25-10-8-16-48(46-34-33(25)55-34)38(51)41(19-30-45-28(23)20-54-30)37-42(41,56-37)36(50)40(43)13-14-40/h7,9,11-12,15,17,20,22,25,33-34,37,46H,6,8,10,13-14,16,18-19,21H2,1-5H3/t22-,25+,33?,34?,37?,41?,42?/m0/s1. The zero-order chi connectivity index (χ0) is 38.9. The molecule has 11 rings (SSSR count). The van der Waals surface area contributed by atoms with Crippen molar-refractivity contribution >= 4 is 61.2 Å². The summed E-state index contributed by atoms with van der Waals surface area (Å²) in [5.74, 6) is -0.985. The largest absolute Gasteiger partial charge is 0.465 e. The summed E-state index contributed by atoms with van der Waals surface area (Å²) in [6, 6.07) is 10.6. The number of nitrogens with zero attached hydrogens (tertiary/aromatic N) is 4. The molecule has 5 aliphatic heterocycles. The van der Waals surface area contributed by atoms with Gasteiger partial charge in [-0.15, -0.1) is 23.1 Å². The van der Waals surface area contributed by atoms with Crippen LogP contribution in [0.1, 0.15) is 75.7 Å². The van der Waals surface area contributed by atoms with Crippen LogP contribution in [0, 0.1) is 16.7 Å². The van der Waals surface area contributed by atoms with E-state index in [4.69, 9.17) is 19.4 Å². The molecule has 2 saturated carbocycles. The van der Waals surface area contributed by atoms with Gasteiger partial charge in [0.2, 0.25) is 5.91 Å². The summed E-state index contributed by atoms with van der Waals surface area (Å²) in [6.07, 6.45) is 4.22. The van der Waals surface area contributed by atoms with E-state index < -0.39 is 21.5 Å². The summed E-state index contributed by atoms with van der Waals surface area (Å²) in [5.41, 5.74) is 6.99. The quantitative estimate of drug-likeness (QED) is 0.123. The van der Waals surface area contributed by atoms with E-state index >= 15 is 4.39 Å². The van der Waals surface area contributed by atoms with E-state index in [9.17, 15) is 14.4 Å². The van der Waals surface area contributed by atoms with Crippen LogP contribution >= 0.6 is 23.1 Å². The maximum absolute atomic E-state index is 15.5. The van der Waals surface area contributed by atoms with Gasteiger partial charge in [-0.2, -0.15) is 0 Å². The molecule has 4 aromatic rings. The molecule has 1 amide bonds. The van der Waals surface area contributed by atoms with Gasteiger partial charge in [0.05, 0.1) is 61.0 Å². The highest BCUT2D eigenvalue weighted by atomic mass is 32.2. The topological polar surface area (TPSA) is 116 Å². The predicted octanol–water partition coefficient (Wildman–Crippen LogP) is 7.14. The van der Waals surface area contributed by atoms with Crippen LogP contribution in [0.2, 0.25) is 10.6 Å². The van der Waals surface area contributed by atoms with Crippen molar-refractivity contribution in [2.24, 2.45) is 16.7 Å². The number of fused-ring (bicyclic) bond motifs is 7. The first-order chi connectivity index (χ1) is 26.9. The zero-order valence-corrected chi connectivity index (χ0v) is 34.9. The van der Waals surface area contributed by atoms with E-state index in [1.54, 1.807) is 30.1 Å². The van der Waals surface area contributed by atoms with Crippen LogP contribution in [0.3, 0.4) is 0 Å². The Labute approximate surface area is 336 Å². The maximum Gasteiger partial charge on any atom is 0.310 e. The highest BCUT2D eigenvalue weighted by Gasteiger charge is 2.97. The Morgan fingerprint density at radius 3 is 2.79 bits per heavy atom. The lowest BCUT2D eigenvalue weighted by molar-refractivity contribution is -0.152. The molecule has 7 atom stereocenters. The van der Waals surface area contributed by atoms with E-state index in [1.165, 1.54) is 11.3 Å². The summed E-state index contributed by atoms with van der Waals surface area (Å²) in [6.45, 7) is 9.86. The number of pyridine rings is 1. The minimum Gasteiger partial charge on any atom is -0.465 e. The van der Waals surface area contributed by atoms with E-state index in [-0.39, 0.29) is 74.8 Å². The first-order valence-corrected chi connectivity index (χ1v) is 22.8. The number of hydrogen-bond donors (Lipinski definition) is 1. The number of alkyl halides is 1. The highest BCUT2D eigenvalue weighted by molar-refractivity contribution is 8.07. The molecule has 1 N–H and O–H groups in total. The van der Waals surface area contributed by atoms with Crippen molar-refractivity contribution in [1.82, 2.24) is 25.0 Å². The van der Waals surface area contributed by atoms with E-state index in [2.05, 4.69) is 55.0 Å². The van der Waals surface area contributed by atoms with Gasteiger partial charge in [-0.25, -0.2) is 14.8 Å². The smallest absolute Gasteiger partial charge is 0.310 e. The van der Waals surface area contributed by atoms with Crippen LogP contribution in [0.15, 0.2) is 41.9 Å². The molecular formula is C42H46FN5O5S2Si.